The summed E-state index contributed by atoms with van der Waals surface area (Å²) in [7, 11) is -3.85. The Bertz CT molecular complexity index is 418. The summed E-state index contributed by atoms with van der Waals surface area (Å²) in [4.78, 5) is 0. The van der Waals surface area contributed by atoms with E-state index in [1.165, 1.54) is 5.56 Å². The fourth-order valence-electron chi connectivity index (χ4n) is 1.56. The molecular formula is C12H18O3S. The highest BCUT2D eigenvalue weighted by molar-refractivity contribution is 7.85. The van der Waals surface area contributed by atoms with Crippen molar-refractivity contribution in [3.8, 4) is 0 Å². The van der Waals surface area contributed by atoms with E-state index in [1.54, 1.807) is 0 Å². The molecule has 0 aromatic heterocycles. The average molecular weight is 242 g/mol. The highest BCUT2D eigenvalue weighted by atomic mass is 32.2. The molecule has 0 spiro atoms. The third-order valence-corrected chi connectivity index (χ3v) is 3.04. The number of hydrogen-bond acceptors (Lipinski definition) is 2. The number of rotatable bonds is 5. The molecule has 0 aliphatic carbocycles. The summed E-state index contributed by atoms with van der Waals surface area (Å²) >= 11 is 0. The molecule has 0 saturated carbocycles. The van der Waals surface area contributed by atoms with Gasteiger partial charge < -0.3 is 0 Å². The molecule has 0 radical (unpaired) electrons. The Morgan fingerprint density at radius 1 is 1.12 bits per heavy atom. The van der Waals surface area contributed by atoms with Gasteiger partial charge in [0.1, 0.15) is 0 Å². The Morgan fingerprint density at radius 2 is 1.62 bits per heavy atom. The lowest BCUT2D eigenvalue weighted by Gasteiger charge is -2.06. The zero-order valence-electron chi connectivity index (χ0n) is 9.68. The topological polar surface area (TPSA) is 54.4 Å². The fraction of sp³-hybridized carbons (Fsp3) is 0.500. The van der Waals surface area contributed by atoms with Gasteiger partial charge in [0.05, 0.1) is 5.75 Å². The summed E-state index contributed by atoms with van der Waals surface area (Å²) in [6, 6.07) is 7.87. The molecule has 0 aliphatic rings. The van der Waals surface area contributed by atoms with E-state index in [-0.39, 0.29) is 5.75 Å². The minimum Gasteiger partial charge on any atom is -0.286 e. The van der Waals surface area contributed by atoms with E-state index in [2.05, 4.69) is 13.8 Å². The van der Waals surface area contributed by atoms with Crippen molar-refractivity contribution in [2.75, 3.05) is 5.75 Å². The molecule has 1 aromatic carbocycles. The summed E-state index contributed by atoms with van der Waals surface area (Å²) in [6.07, 6.45) is 1.39. The van der Waals surface area contributed by atoms with Crippen LogP contribution in [0.2, 0.25) is 0 Å². The molecule has 1 aromatic rings. The molecule has 0 atom stereocenters. The quantitative estimate of drug-likeness (QED) is 0.806. The van der Waals surface area contributed by atoms with E-state index in [0.717, 1.165) is 12.0 Å². The summed E-state index contributed by atoms with van der Waals surface area (Å²) in [6.45, 7) is 4.32. The second kappa shape index (κ2) is 5.46. The highest BCUT2D eigenvalue weighted by Gasteiger charge is 2.05. The predicted octanol–water partition coefficient (Wildman–Crippen LogP) is 2.32. The van der Waals surface area contributed by atoms with Gasteiger partial charge in [-0.1, -0.05) is 38.1 Å². The molecule has 90 valence electrons. The molecular weight excluding hydrogens is 224 g/mol. The Kier molecular flexibility index (Phi) is 4.50. The molecule has 0 amide bonds. The van der Waals surface area contributed by atoms with Crippen LogP contribution in [0.3, 0.4) is 0 Å². The summed E-state index contributed by atoms with van der Waals surface area (Å²) in [5.41, 5.74) is 2.19. The second-order valence-electron chi connectivity index (χ2n) is 4.45. The van der Waals surface area contributed by atoms with Crippen LogP contribution >= 0.6 is 0 Å². The van der Waals surface area contributed by atoms with E-state index in [9.17, 15) is 8.42 Å². The lowest BCUT2D eigenvalue weighted by Crippen LogP contribution is -2.06. The SMILES string of the molecule is CC(C)Cc1ccc(CCS(=O)(=O)O)cc1. The van der Waals surface area contributed by atoms with Crippen molar-refractivity contribution in [2.45, 2.75) is 26.7 Å². The second-order valence-corrected chi connectivity index (χ2v) is 6.02. The van der Waals surface area contributed by atoms with Crippen LogP contribution < -0.4 is 0 Å². The number of benzene rings is 1. The molecule has 1 rings (SSSR count). The Hall–Kier alpha value is -0.870. The van der Waals surface area contributed by atoms with Crippen LogP contribution in [0.5, 0.6) is 0 Å². The number of aryl methyl sites for hydroxylation is 1. The van der Waals surface area contributed by atoms with Crippen LogP contribution in [0.1, 0.15) is 25.0 Å². The van der Waals surface area contributed by atoms with Crippen LogP contribution in [0.15, 0.2) is 24.3 Å². The van der Waals surface area contributed by atoms with Crippen molar-refractivity contribution in [1.29, 1.82) is 0 Å². The van der Waals surface area contributed by atoms with Gasteiger partial charge in [-0.2, -0.15) is 8.42 Å². The maximum atomic E-state index is 10.6. The fourth-order valence-corrected chi connectivity index (χ4v) is 2.05. The molecule has 0 bridgehead atoms. The molecule has 1 N–H and O–H groups in total. The maximum Gasteiger partial charge on any atom is 0.265 e. The van der Waals surface area contributed by atoms with Gasteiger partial charge in [0, 0.05) is 0 Å². The first-order valence-electron chi connectivity index (χ1n) is 5.40. The van der Waals surface area contributed by atoms with Crippen LogP contribution in [-0.2, 0) is 23.0 Å². The Morgan fingerprint density at radius 3 is 2.06 bits per heavy atom. The molecule has 0 fully saturated rings. The zero-order valence-corrected chi connectivity index (χ0v) is 10.5. The normalized spacial score (nSPS) is 12.0. The summed E-state index contributed by atoms with van der Waals surface area (Å²) < 4.78 is 29.8. The zero-order chi connectivity index (χ0) is 12.2. The first-order chi connectivity index (χ1) is 7.37. The van der Waals surface area contributed by atoms with Gasteiger partial charge in [-0.25, -0.2) is 0 Å². The molecule has 0 aliphatic heterocycles. The van der Waals surface area contributed by atoms with Crippen molar-refractivity contribution in [3.05, 3.63) is 35.4 Å². The minimum atomic E-state index is -3.85. The largest absolute Gasteiger partial charge is 0.286 e. The van der Waals surface area contributed by atoms with E-state index in [1.807, 2.05) is 24.3 Å². The standard InChI is InChI=1S/C12H18O3S/c1-10(2)9-12-5-3-11(4-6-12)7-8-16(13,14)15/h3-6,10H,7-9H2,1-2H3,(H,13,14,15). The first-order valence-corrected chi connectivity index (χ1v) is 7.01. The van der Waals surface area contributed by atoms with Crippen molar-refractivity contribution in [2.24, 2.45) is 5.92 Å². The van der Waals surface area contributed by atoms with Crippen LogP contribution in [0.25, 0.3) is 0 Å². The first kappa shape index (κ1) is 13.2. The van der Waals surface area contributed by atoms with Gasteiger partial charge in [0.15, 0.2) is 0 Å². The highest BCUT2D eigenvalue weighted by Crippen LogP contribution is 2.10. The van der Waals surface area contributed by atoms with Gasteiger partial charge in [-0.3, -0.25) is 4.55 Å². The van der Waals surface area contributed by atoms with E-state index >= 15 is 0 Å². The lowest BCUT2D eigenvalue weighted by atomic mass is 10.0. The van der Waals surface area contributed by atoms with Crippen LogP contribution in [0, 0.1) is 5.92 Å². The van der Waals surface area contributed by atoms with Gasteiger partial charge in [0.2, 0.25) is 0 Å². The third-order valence-electron chi connectivity index (χ3n) is 2.32. The number of hydrogen-bond donors (Lipinski definition) is 1. The average Bonchev–Trinajstić information content (AvgIpc) is 2.14. The molecule has 3 nitrogen and oxygen atoms in total. The van der Waals surface area contributed by atoms with Crippen molar-refractivity contribution in [1.82, 2.24) is 0 Å². The van der Waals surface area contributed by atoms with E-state index in [0.29, 0.717) is 12.3 Å². The monoisotopic (exact) mass is 242 g/mol. The third kappa shape index (κ3) is 5.28. The molecule has 4 heteroatoms. The summed E-state index contributed by atoms with van der Waals surface area (Å²) in [5, 5.41) is 0. The molecule has 0 unspecified atom stereocenters. The van der Waals surface area contributed by atoms with Crippen molar-refractivity contribution in [3.63, 3.8) is 0 Å². The van der Waals surface area contributed by atoms with Gasteiger partial charge in [-0.05, 0) is 29.9 Å². The molecule has 0 saturated heterocycles. The Labute approximate surface area is 97.2 Å². The van der Waals surface area contributed by atoms with E-state index < -0.39 is 10.1 Å². The van der Waals surface area contributed by atoms with Crippen LogP contribution in [-0.4, -0.2) is 18.7 Å². The molecule has 0 heterocycles. The Balaban J connectivity index is 2.58. The van der Waals surface area contributed by atoms with Crippen molar-refractivity contribution < 1.29 is 13.0 Å². The van der Waals surface area contributed by atoms with E-state index in [4.69, 9.17) is 4.55 Å². The minimum absolute atomic E-state index is 0.212. The van der Waals surface area contributed by atoms with Gasteiger partial charge >= 0.3 is 0 Å². The predicted molar refractivity (Wildman–Crippen MR) is 65.1 cm³/mol. The molecule has 16 heavy (non-hydrogen) atoms. The lowest BCUT2D eigenvalue weighted by molar-refractivity contribution is 0.482. The van der Waals surface area contributed by atoms with Crippen molar-refractivity contribution >= 4 is 10.1 Å². The summed E-state index contributed by atoms with van der Waals surface area (Å²) in [5.74, 6) is 0.403. The maximum absolute atomic E-state index is 10.6. The van der Waals surface area contributed by atoms with Gasteiger partial charge in [-0.15, -0.1) is 0 Å². The van der Waals surface area contributed by atoms with Crippen LogP contribution in [0.4, 0.5) is 0 Å². The smallest absolute Gasteiger partial charge is 0.265 e. The van der Waals surface area contributed by atoms with Gasteiger partial charge in [0.25, 0.3) is 10.1 Å².